The Kier molecular flexibility index (Phi) is 4.94. The summed E-state index contributed by atoms with van der Waals surface area (Å²) in [6, 6.07) is 4.51. The van der Waals surface area contributed by atoms with E-state index in [0.717, 1.165) is 0 Å². The van der Waals surface area contributed by atoms with Gasteiger partial charge in [0.25, 0.3) is 5.91 Å². The van der Waals surface area contributed by atoms with Crippen molar-refractivity contribution < 1.29 is 19.8 Å². The van der Waals surface area contributed by atoms with Crippen LogP contribution in [-0.4, -0.2) is 27.6 Å². The maximum atomic E-state index is 12.0. The van der Waals surface area contributed by atoms with Crippen LogP contribution in [-0.2, 0) is 4.79 Å². The second-order valence-corrected chi connectivity index (χ2v) is 5.75. The molecule has 1 amide bonds. The van der Waals surface area contributed by atoms with E-state index < -0.39 is 11.5 Å². The molecule has 0 aliphatic heterocycles. The fourth-order valence-corrected chi connectivity index (χ4v) is 1.76. The van der Waals surface area contributed by atoms with Crippen molar-refractivity contribution in [3.8, 4) is 5.75 Å². The molecule has 0 atom stereocenters. The molecule has 0 saturated heterocycles. The maximum absolute atomic E-state index is 12.0. The number of benzene rings is 1. The second kappa shape index (κ2) is 6.06. The Balaban J connectivity index is 2.72. The Morgan fingerprint density at radius 1 is 1.37 bits per heavy atom. The second-order valence-electron chi connectivity index (χ2n) is 4.90. The molecule has 1 aromatic rings. The minimum absolute atomic E-state index is 0.0150. The molecule has 5 nitrogen and oxygen atoms in total. The lowest BCUT2D eigenvalue weighted by atomic mass is 9.97. The fraction of sp³-hybridized carbons (Fsp3) is 0.385. The molecule has 6 heteroatoms. The molecule has 0 radical (unpaired) electrons. The van der Waals surface area contributed by atoms with Crippen LogP contribution in [0.5, 0.6) is 5.75 Å². The van der Waals surface area contributed by atoms with E-state index >= 15 is 0 Å². The van der Waals surface area contributed by atoms with Crippen molar-refractivity contribution in [1.82, 2.24) is 5.32 Å². The van der Waals surface area contributed by atoms with Crippen molar-refractivity contribution in [2.45, 2.75) is 32.2 Å². The lowest BCUT2D eigenvalue weighted by Crippen LogP contribution is -2.43. The highest BCUT2D eigenvalue weighted by atomic mass is 79.9. The molecule has 104 valence electrons. The zero-order valence-corrected chi connectivity index (χ0v) is 12.3. The van der Waals surface area contributed by atoms with Gasteiger partial charge in [-0.25, -0.2) is 0 Å². The monoisotopic (exact) mass is 329 g/mol. The van der Waals surface area contributed by atoms with E-state index in [1.54, 1.807) is 26.0 Å². The summed E-state index contributed by atoms with van der Waals surface area (Å²) < 4.78 is 0.509. The van der Waals surface area contributed by atoms with Crippen LogP contribution in [0.2, 0.25) is 0 Å². The van der Waals surface area contributed by atoms with Crippen molar-refractivity contribution in [2.24, 2.45) is 0 Å². The first-order chi connectivity index (χ1) is 8.71. The number of phenolic OH excluding ortho intramolecular Hbond substituents is 1. The summed E-state index contributed by atoms with van der Waals surface area (Å²) in [5.41, 5.74) is -0.304. The first-order valence-corrected chi connectivity index (χ1v) is 6.53. The number of nitrogens with one attached hydrogen (secondary N) is 1. The van der Waals surface area contributed by atoms with E-state index in [2.05, 4.69) is 21.2 Å². The molecule has 0 saturated carbocycles. The van der Waals surface area contributed by atoms with Gasteiger partial charge >= 0.3 is 5.97 Å². The normalized spacial score (nSPS) is 11.1. The summed E-state index contributed by atoms with van der Waals surface area (Å²) in [7, 11) is 0. The van der Waals surface area contributed by atoms with E-state index in [0.29, 0.717) is 16.5 Å². The zero-order chi connectivity index (χ0) is 14.6. The SMILES string of the molecule is CC(C)(CCC(=O)O)NC(=O)c1ccc(Br)c(O)c1. The Hall–Kier alpha value is -1.56. The third-order valence-electron chi connectivity index (χ3n) is 2.62. The number of rotatable bonds is 5. The highest BCUT2D eigenvalue weighted by Gasteiger charge is 2.22. The maximum Gasteiger partial charge on any atom is 0.303 e. The summed E-state index contributed by atoms with van der Waals surface area (Å²) in [6.45, 7) is 3.51. The summed E-state index contributed by atoms with van der Waals surface area (Å²) >= 11 is 3.13. The van der Waals surface area contributed by atoms with E-state index in [9.17, 15) is 14.7 Å². The summed E-state index contributed by atoms with van der Waals surface area (Å²) in [5, 5.41) is 20.9. The van der Waals surface area contributed by atoms with Crippen LogP contribution in [0.4, 0.5) is 0 Å². The van der Waals surface area contributed by atoms with Crippen LogP contribution in [0.1, 0.15) is 37.0 Å². The van der Waals surface area contributed by atoms with E-state index in [-0.39, 0.29) is 18.1 Å². The van der Waals surface area contributed by atoms with Gasteiger partial charge in [0.1, 0.15) is 5.75 Å². The van der Waals surface area contributed by atoms with E-state index in [1.807, 2.05) is 0 Å². The highest BCUT2D eigenvalue weighted by molar-refractivity contribution is 9.10. The lowest BCUT2D eigenvalue weighted by molar-refractivity contribution is -0.137. The molecule has 1 rings (SSSR count). The van der Waals surface area contributed by atoms with Crippen LogP contribution in [0.3, 0.4) is 0 Å². The van der Waals surface area contributed by atoms with E-state index in [4.69, 9.17) is 5.11 Å². The molecule has 0 unspecified atom stereocenters. The molecule has 0 aliphatic rings. The van der Waals surface area contributed by atoms with Gasteiger partial charge in [-0.1, -0.05) is 0 Å². The summed E-state index contributed by atoms with van der Waals surface area (Å²) in [6.07, 6.45) is 0.315. The highest BCUT2D eigenvalue weighted by Crippen LogP contribution is 2.24. The Bertz CT molecular complexity index is 499. The first-order valence-electron chi connectivity index (χ1n) is 5.74. The average molecular weight is 330 g/mol. The van der Waals surface area contributed by atoms with Crippen LogP contribution in [0.15, 0.2) is 22.7 Å². The van der Waals surface area contributed by atoms with Gasteiger partial charge in [0.05, 0.1) is 4.47 Å². The molecular weight excluding hydrogens is 314 g/mol. The number of aliphatic carboxylic acids is 1. The smallest absolute Gasteiger partial charge is 0.303 e. The summed E-state index contributed by atoms with van der Waals surface area (Å²) in [4.78, 5) is 22.5. The van der Waals surface area contributed by atoms with Crippen molar-refractivity contribution in [1.29, 1.82) is 0 Å². The molecule has 0 heterocycles. The number of hydrogen-bond acceptors (Lipinski definition) is 3. The fourth-order valence-electron chi connectivity index (χ4n) is 1.52. The third kappa shape index (κ3) is 4.90. The first kappa shape index (κ1) is 15.5. The molecule has 0 aliphatic carbocycles. The molecule has 1 aromatic carbocycles. The van der Waals surface area contributed by atoms with Gasteiger partial charge in [-0.3, -0.25) is 9.59 Å². The molecule has 0 fully saturated rings. The van der Waals surface area contributed by atoms with Gasteiger partial charge in [0.15, 0.2) is 0 Å². The number of carboxylic acids is 1. The Labute approximate surface area is 119 Å². The predicted molar refractivity (Wildman–Crippen MR) is 74.2 cm³/mol. The van der Waals surface area contributed by atoms with Crippen molar-refractivity contribution in [2.75, 3.05) is 0 Å². The number of carboxylic acid groups (broad SMARTS) is 1. The minimum atomic E-state index is -0.899. The predicted octanol–water partition coefficient (Wildman–Crippen LogP) is 2.53. The average Bonchev–Trinajstić information content (AvgIpc) is 2.29. The van der Waals surface area contributed by atoms with Gasteiger partial charge in [0.2, 0.25) is 0 Å². The topological polar surface area (TPSA) is 86.6 Å². The van der Waals surface area contributed by atoms with Gasteiger partial charge in [-0.2, -0.15) is 0 Å². The molecule has 19 heavy (non-hydrogen) atoms. The summed E-state index contributed by atoms with van der Waals surface area (Å²) in [5.74, 6) is -1.27. The third-order valence-corrected chi connectivity index (χ3v) is 3.29. The number of aromatic hydroxyl groups is 1. The van der Waals surface area contributed by atoms with Gasteiger partial charge in [-0.05, 0) is 54.4 Å². The number of phenols is 1. The number of hydrogen-bond donors (Lipinski definition) is 3. The van der Waals surface area contributed by atoms with Crippen LogP contribution < -0.4 is 5.32 Å². The van der Waals surface area contributed by atoms with Crippen molar-refractivity contribution >= 4 is 27.8 Å². The number of carbonyl (C=O) groups excluding carboxylic acids is 1. The minimum Gasteiger partial charge on any atom is -0.507 e. The molecule has 0 aromatic heterocycles. The largest absolute Gasteiger partial charge is 0.507 e. The van der Waals surface area contributed by atoms with E-state index in [1.165, 1.54) is 6.07 Å². The molecule has 0 bridgehead atoms. The number of amides is 1. The zero-order valence-electron chi connectivity index (χ0n) is 10.7. The number of carbonyl (C=O) groups is 2. The van der Waals surface area contributed by atoms with Crippen LogP contribution >= 0.6 is 15.9 Å². The van der Waals surface area contributed by atoms with Gasteiger partial charge in [0, 0.05) is 17.5 Å². The van der Waals surface area contributed by atoms with Crippen molar-refractivity contribution in [3.63, 3.8) is 0 Å². The molecule has 0 spiro atoms. The van der Waals surface area contributed by atoms with Crippen molar-refractivity contribution in [3.05, 3.63) is 28.2 Å². The Morgan fingerprint density at radius 2 is 2.00 bits per heavy atom. The molecule has 3 N–H and O–H groups in total. The van der Waals surface area contributed by atoms with Crippen LogP contribution in [0.25, 0.3) is 0 Å². The standard InChI is InChI=1S/C13H16BrNO4/c1-13(2,6-5-11(17)18)15-12(19)8-3-4-9(14)10(16)7-8/h3-4,7,16H,5-6H2,1-2H3,(H,15,19)(H,17,18). The quantitative estimate of drug-likeness (QED) is 0.774. The number of halogens is 1. The lowest BCUT2D eigenvalue weighted by Gasteiger charge is -2.25. The Morgan fingerprint density at radius 3 is 2.53 bits per heavy atom. The van der Waals surface area contributed by atoms with Gasteiger partial charge < -0.3 is 15.5 Å². The molecular formula is C13H16BrNO4. The van der Waals surface area contributed by atoms with Crippen LogP contribution in [0, 0.1) is 0 Å². The van der Waals surface area contributed by atoms with Gasteiger partial charge in [-0.15, -0.1) is 0 Å².